The van der Waals surface area contributed by atoms with Gasteiger partial charge >= 0.3 is 12.0 Å². The van der Waals surface area contributed by atoms with Gasteiger partial charge in [0, 0.05) is 12.8 Å². The zero-order chi connectivity index (χ0) is 15.3. The third kappa shape index (κ3) is 5.14. The van der Waals surface area contributed by atoms with Crippen molar-refractivity contribution in [1.29, 1.82) is 0 Å². The van der Waals surface area contributed by atoms with Crippen LogP contribution in [-0.2, 0) is 9.84 Å². The van der Waals surface area contributed by atoms with Crippen molar-refractivity contribution >= 4 is 27.5 Å². The van der Waals surface area contributed by atoms with E-state index < -0.39 is 21.8 Å². The Morgan fingerprint density at radius 1 is 1.30 bits per heavy atom. The lowest BCUT2D eigenvalue weighted by Crippen LogP contribution is -2.33. The Morgan fingerprint density at radius 3 is 2.50 bits per heavy atom. The van der Waals surface area contributed by atoms with E-state index >= 15 is 0 Å². The van der Waals surface area contributed by atoms with E-state index in [2.05, 4.69) is 10.6 Å². The molecule has 0 aromatic heterocycles. The topological polar surface area (TPSA) is 133 Å². The maximum Gasteiger partial charge on any atom is 0.337 e. The van der Waals surface area contributed by atoms with Crippen LogP contribution in [0.25, 0.3) is 0 Å². The van der Waals surface area contributed by atoms with Crippen LogP contribution < -0.4 is 10.6 Å². The molecule has 1 aromatic rings. The third-order valence-electron chi connectivity index (χ3n) is 2.24. The van der Waals surface area contributed by atoms with Gasteiger partial charge in [0.25, 0.3) is 0 Å². The minimum Gasteiger partial charge on any atom is -0.508 e. The number of hydrogen-bond donors (Lipinski definition) is 4. The fourth-order valence-corrected chi connectivity index (χ4v) is 1.81. The highest BCUT2D eigenvalue weighted by atomic mass is 32.2. The molecular formula is C11H14N2O6S. The molecule has 8 nitrogen and oxygen atoms in total. The van der Waals surface area contributed by atoms with E-state index in [1.54, 1.807) is 0 Å². The number of sulfone groups is 1. The first-order chi connectivity index (χ1) is 9.19. The van der Waals surface area contributed by atoms with E-state index in [9.17, 15) is 23.1 Å². The maximum absolute atomic E-state index is 11.5. The predicted octanol–water partition coefficient (Wildman–Crippen LogP) is 0.256. The highest BCUT2D eigenvalue weighted by Crippen LogP contribution is 2.21. The first-order valence-electron chi connectivity index (χ1n) is 5.48. The second kappa shape index (κ2) is 6.24. The number of carboxylic acids is 1. The molecule has 0 unspecified atom stereocenters. The number of carbonyl (C=O) groups is 2. The third-order valence-corrected chi connectivity index (χ3v) is 3.19. The van der Waals surface area contributed by atoms with Crippen molar-refractivity contribution in [2.24, 2.45) is 0 Å². The van der Waals surface area contributed by atoms with E-state index in [0.717, 1.165) is 12.3 Å². The Kier molecular flexibility index (Phi) is 4.92. The zero-order valence-corrected chi connectivity index (χ0v) is 11.4. The van der Waals surface area contributed by atoms with Gasteiger partial charge in [-0.15, -0.1) is 0 Å². The van der Waals surface area contributed by atoms with E-state index in [4.69, 9.17) is 5.11 Å². The summed E-state index contributed by atoms with van der Waals surface area (Å²) in [4.78, 5) is 22.4. The van der Waals surface area contributed by atoms with Crippen molar-refractivity contribution < 1.29 is 28.2 Å². The van der Waals surface area contributed by atoms with Crippen molar-refractivity contribution in [3.63, 3.8) is 0 Å². The molecule has 1 aromatic carbocycles. The van der Waals surface area contributed by atoms with Crippen molar-refractivity contribution in [1.82, 2.24) is 5.32 Å². The minimum absolute atomic E-state index is 0.00726. The van der Waals surface area contributed by atoms with Crippen LogP contribution in [0.15, 0.2) is 18.2 Å². The Bertz CT molecular complexity index is 626. The number of rotatable bonds is 5. The Labute approximate surface area is 115 Å². The van der Waals surface area contributed by atoms with Gasteiger partial charge in [-0.25, -0.2) is 18.0 Å². The maximum atomic E-state index is 11.5. The summed E-state index contributed by atoms with van der Waals surface area (Å²) in [7, 11) is -3.19. The van der Waals surface area contributed by atoms with Gasteiger partial charge in [-0.1, -0.05) is 0 Å². The second-order valence-electron chi connectivity index (χ2n) is 4.05. The van der Waals surface area contributed by atoms with Crippen LogP contribution in [0.4, 0.5) is 10.5 Å². The fourth-order valence-electron chi connectivity index (χ4n) is 1.33. The number of amides is 2. The molecule has 0 saturated heterocycles. The van der Waals surface area contributed by atoms with Crippen LogP contribution in [-0.4, -0.2) is 49.2 Å². The number of phenols is 1. The van der Waals surface area contributed by atoms with Gasteiger partial charge in [0.1, 0.15) is 15.6 Å². The number of aromatic carboxylic acids is 1. The van der Waals surface area contributed by atoms with Crippen molar-refractivity contribution in [2.45, 2.75) is 0 Å². The van der Waals surface area contributed by atoms with E-state index in [-0.39, 0.29) is 29.3 Å². The lowest BCUT2D eigenvalue weighted by atomic mass is 10.1. The number of hydrogen-bond acceptors (Lipinski definition) is 5. The number of urea groups is 1. The first-order valence-corrected chi connectivity index (χ1v) is 7.54. The van der Waals surface area contributed by atoms with E-state index in [1.165, 1.54) is 12.1 Å². The number of benzene rings is 1. The summed E-state index contributed by atoms with van der Waals surface area (Å²) in [6.07, 6.45) is 1.04. The number of nitrogens with one attached hydrogen (secondary N) is 2. The number of phenolic OH excluding ortho intramolecular Hbond substituents is 1. The van der Waals surface area contributed by atoms with E-state index in [1.807, 2.05) is 0 Å². The molecule has 20 heavy (non-hydrogen) atoms. The average molecular weight is 302 g/mol. The van der Waals surface area contributed by atoms with Gasteiger partial charge in [-0.05, 0) is 18.2 Å². The number of aromatic hydroxyl groups is 1. The van der Waals surface area contributed by atoms with Gasteiger partial charge < -0.3 is 20.8 Å². The normalized spacial score (nSPS) is 10.8. The molecular weight excluding hydrogens is 288 g/mol. The highest BCUT2D eigenvalue weighted by Gasteiger charge is 2.13. The molecule has 0 radical (unpaired) electrons. The molecule has 110 valence electrons. The smallest absolute Gasteiger partial charge is 0.337 e. The monoisotopic (exact) mass is 302 g/mol. The van der Waals surface area contributed by atoms with Crippen LogP contribution >= 0.6 is 0 Å². The fraction of sp³-hybridized carbons (Fsp3) is 0.273. The SMILES string of the molecule is CS(=O)(=O)CCNC(=O)Nc1ccc(O)cc1C(=O)O. The summed E-state index contributed by atoms with van der Waals surface area (Å²) in [6, 6.07) is 2.71. The summed E-state index contributed by atoms with van der Waals surface area (Å²) in [6.45, 7) is -0.0921. The van der Waals surface area contributed by atoms with Crippen molar-refractivity contribution in [3.8, 4) is 5.75 Å². The molecule has 0 atom stereocenters. The summed E-state index contributed by atoms with van der Waals surface area (Å²) in [5.74, 6) is -1.78. The average Bonchev–Trinajstić information content (AvgIpc) is 2.29. The van der Waals surface area contributed by atoms with Gasteiger partial charge in [-0.2, -0.15) is 0 Å². The first kappa shape index (κ1) is 15.8. The lowest BCUT2D eigenvalue weighted by Gasteiger charge is -2.10. The van der Waals surface area contributed by atoms with Crippen LogP contribution in [0.3, 0.4) is 0 Å². The lowest BCUT2D eigenvalue weighted by molar-refractivity contribution is 0.0697. The molecule has 0 bridgehead atoms. The van der Waals surface area contributed by atoms with Gasteiger partial charge in [0.2, 0.25) is 0 Å². The molecule has 0 spiro atoms. The molecule has 0 aliphatic rings. The molecule has 2 amide bonds. The van der Waals surface area contributed by atoms with Crippen molar-refractivity contribution in [3.05, 3.63) is 23.8 Å². The van der Waals surface area contributed by atoms with Gasteiger partial charge in [0.05, 0.1) is 17.0 Å². The van der Waals surface area contributed by atoms with Crippen LogP contribution in [0.5, 0.6) is 5.75 Å². The van der Waals surface area contributed by atoms with E-state index in [0.29, 0.717) is 0 Å². The highest BCUT2D eigenvalue weighted by molar-refractivity contribution is 7.90. The Morgan fingerprint density at radius 2 is 1.95 bits per heavy atom. The van der Waals surface area contributed by atoms with Gasteiger partial charge in [-0.3, -0.25) is 0 Å². The Hall–Kier alpha value is -2.29. The second-order valence-corrected chi connectivity index (χ2v) is 6.31. The minimum atomic E-state index is -3.19. The number of carbonyl (C=O) groups excluding carboxylic acids is 1. The molecule has 4 N–H and O–H groups in total. The summed E-state index contributed by atoms with van der Waals surface area (Å²) in [5, 5.41) is 22.7. The summed E-state index contributed by atoms with van der Waals surface area (Å²) in [5.41, 5.74) is -0.282. The number of carboxylic acid groups (broad SMARTS) is 1. The largest absolute Gasteiger partial charge is 0.508 e. The van der Waals surface area contributed by atoms with Crippen LogP contribution in [0, 0.1) is 0 Å². The quantitative estimate of drug-likeness (QED) is 0.576. The van der Waals surface area contributed by atoms with Crippen LogP contribution in [0.1, 0.15) is 10.4 Å². The van der Waals surface area contributed by atoms with Crippen LogP contribution in [0.2, 0.25) is 0 Å². The molecule has 0 heterocycles. The standard InChI is InChI=1S/C11H14N2O6S/c1-20(18,19)5-4-12-11(17)13-9-3-2-7(14)6-8(9)10(15)16/h2-3,6,14H,4-5H2,1H3,(H,15,16)(H2,12,13,17). The van der Waals surface area contributed by atoms with Gasteiger partial charge in [0.15, 0.2) is 0 Å². The zero-order valence-electron chi connectivity index (χ0n) is 10.6. The molecule has 0 saturated carbocycles. The summed E-state index contributed by atoms with van der Waals surface area (Å²) >= 11 is 0. The predicted molar refractivity (Wildman–Crippen MR) is 71.8 cm³/mol. The molecule has 0 aliphatic carbocycles. The van der Waals surface area contributed by atoms with Crippen molar-refractivity contribution in [2.75, 3.05) is 23.9 Å². The summed E-state index contributed by atoms with van der Waals surface area (Å²) < 4.78 is 21.7. The molecule has 1 rings (SSSR count). The molecule has 0 aliphatic heterocycles. The Balaban J connectivity index is 2.69. The molecule has 0 fully saturated rings. The number of anilines is 1. The molecule has 9 heteroatoms.